The van der Waals surface area contributed by atoms with Gasteiger partial charge in [-0.1, -0.05) is 148 Å². The van der Waals surface area contributed by atoms with Crippen molar-refractivity contribution in [3.05, 3.63) is 156 Å². The molecule has 1 unspecified atom stereocenters. The maximum atomic E-state index is 5.86. The third kappa shape index (κ3) is 3.69. The zero-order valence-electron chi connectivity index (χ0n) is 28.8. The van der Waals surface area contributed by atoms with Crippen LogP contribution >= 0.6 is 12.2 Å². The smallest absolute Gasteiger partial charge is 0.0494 e. The predicted molar refractivity (Wildman–Crippen MR) is 218 cm³/mol. The summed E-state index contributed by atoms with van der Waals surface area (Å²) < 4.78 is 0. The molecule has 0 radical (unpaired) electrons. The topological polar surface area (TPSA) is 0 Å². The molecule has 10 rings (SSSR count). The van der Waals surface area contributed by atoms with Crippen LogP contribution in [0, 0.1) is 0 Å². The van der Waals surface area contributed by atoms with Crippen molar-refractivity contribution in [1.82, 2.24) is 0 Å². The summed E-state index contributed by atoms with van der Waals surface area (Å²) in [5, 5.41) is 9.93. The SMILES string of the molecule is CCC1(C=S)c2ccccc2-c2ccc(-c3cc(-c4ccc5c(c4)C(CC)(CC)c4ccccc4-5)c4ccc5cccc6ccc3c4c65)cc21. The second kappa shape index (κ2) is 10.7. The van der Waals surface area contributed by atoms with Crippen molar-refractivity contribution in [3.63, 3.8) is 0 Å². The molecule has 2 aliphatic carbocycles. The van der Waals surface area contributed by atoms with E-state index in [9.17, 15) is 0 Å². The maximum absolute atomic E-state index is 5.86. The Bertz CT molecular complexity index is 2670. The van der Waals surface area contributed by atoms with Gasteiger partial charge in [0.2, 0.25) is 0 Å². The van der Waals surface area contributed by atoms with Gasteiger partial charge in [0, 0.05) is 10.8 Å². The summed E-state index contributed by atoms with van der Waals surface area (Å²) in [5.74, 6) is 0. The lowest BCUT2D eigenvalue weighted by Gasteiger charge is -2.30. The molecule has 240 valence electrons. The summed E-state index contributed by atoms with van der Waals surface area (Å²) in [6, 6.07) is 50.9. The Balaban J connectivity index is 1.27. The van der Waals surface area contributed by atoms with Crippen LogP contribution < -0.4 is 0 Å². The number of thiocarbonyl (C=S) groups is 1. The molecule has 0 saturated heterocycles. The highest BCUT2D eigenvalue weighted by Gasteiger charge is 2.41. The normalized spacial score (nSPS) is 16.9. The molecule has 0 heterocycles. The van der Waals surface area contributed by atoms with Crippen molar-refractivity contribution in [3.8, 4) is 44.5 Å². The molecule has 0 N–H and O–H groups in total. The van der Waals surface area contributed by atoms with E-state index in [1.807, 2.05) is 5.37 Å². The molecule has 0 bridgehead atoms. The summed E-state index contributed by atoms with van der Waals surface area (Å²) in [7, 11) is 0. The van der Waals surface area contributed by atoms with Gasteiger partial charge in [0.25, 0.3) is 0 Å². The highest BCUT2D eigenvalue weighted by Crippen LogP contribution is 2.55. The van der Waals surface area contributed by atoms with Crippen LogP contribution in [0.4, 0.5) is 0 Å². The fraction of sp³-hybridized carbons (Fsp3) is 0.163. The van der Waals surface area contributed by atoms with Gasteiger partial charge in [-0.3, -0.25) is 0 Å². The van der Waals surface area contributed by atoms with Crippen LogP contribution in [0.25, 0.3) is 76.8 Å². The Morgan fingerprint density at radius 1 is 0.440 bits per heavy atom. The van der Waals surface area contributed by atoms with Crippen molar-refractivity contribution in [1.29, 1.82) is 0 Å². The molecule has 2 aliphatic rings. The van der Waals surface area contributed by atoms with Crippen LogP contribution in [-0.2, 0) is 10.8 Å². The van der Waals surface area contributed by atoms with Crippen molar-refractivity contribution < 1.29 is 0 Å². The first-order chi connectivity index (χ1) is 24.6. The van der Waals surface area contributed by atoms with Gasteiger partial charge in [0.15, 0.2) is 0 Å². The summed E-state index contributed by atoms with van der Waals surface area (Å²) in [6.07, 6.45) is 3.09. The number of benzene rings is 8. The molecular weight excluding hydrogens is 621 g/mol. The Labute approximate surface area is 299 Å². The number of hydrogen-bond acceptors (Lipinski definition) is 1. The van der Waals surface area contributed by atoms with Crippen molar-refractivity contribution >= 4 is 49.9 Å². The third-order valence-electron chi connectivity index (χ3n) is 12.7. The van der Waals surface area contributed by atoms with E-state index in [1.165, 1.54) is 99.1 Å². The number of fused-ring (bicyclic) bond motifs is 6. The molecule has 0 fully saturated rings. The standard InChI is InChI=1S/C49H38S/c1-4-48(5-2)42-16-9-7-14-34(42)36-22-20-32(26-44(36)48)40-28-41(39-25-19-31-13-11-12-30-18-24-38(40)47(39)46(30)31)33-21-23-37-35-15-8-10-17-43(35)49(6-3,29-50)45(37)27-33/h7-29H,4-6H2,1-3H3. The van der Waals surface area contributed by atoms with Crippen LogP contribution in [0.1, 0.15) is 62.3 Å². The first-order valence-corrected chi connectivity index (χ1v) is 18.7. The minimum absolute atomic E-state index is 0.0216. The summed E-state index contributed by atoms with van der Waals surface area (Å²) in [5.41, 5.74) is 15.9. The van der Waals surface area contributed by atoms with E-state index in [1.54, 1.807) is 0 Å². The van der Waals surface area contributed by atoms with Gasteiger partial charge in [-0.25, -0.2) is 0 Å². The lowest BCUT2D eigenvalue weighted by atomic mass is 9.73. The fourth-order valence-electron chi connectivity index (χ4n) is 10.1. The fourth-order valence-corrected chi connectivity index (χ4v) is 10.5. The van der Waals surface area contributed by atoms with E-state index in [2.05, 4.69) is 154 Å². The molecule has 0 aromatic heterocycles. The van der Waals surface area contributed by atoms with Gasteiger partial charge >= 0.3 is 0 Å². The van der Waals surface area contributed by atoms with E-state index in [-0.39, 0.29) is 10.8 Å². The van der Waals surface area contributed by atoms with Crippen LogP contribution in [-0.4, -0.2) is 5.37 Å². The Morgan fingerprint density at radius 3 is 1.58 bits per heavy atom. The largest absolute Gasteiger partial charge is 0.0921 e. The Hall–Kier alpha value is -5.11. The van der Waals surface area contributed by atoms with Gasteiger partial charge < -0.3 is 0 Å². The van der Waals surface area contributed by atoms with E-state index in [0.29, 0.717) is 0 Å². The molecule has 50 heavy (non-hydrogen) atoms. The summed E-state index contributed by atoms with van der Waals surface area (Å²) in [6.45, 7) is 6.99. The van der Waals surface area contributed by atoms with Gasteiger partial charge in [0.1, 0.15) is 0 Å². The molecule has 0 amide bonds. The Morgan fingerprint density at radius 2 is 0.980 bits per heavy atom. The third-order valence-corrected chi connectivity index (χ3v) is 13.1. The predicted octanol–water partition coefficient (Wildman–Crippen LogP) is 13.7. The summed E-state index contributed by atoms with van der Waals surface area (Å²) >= 11 is 5.86. The number of hydrogen-bond donors (Lipinski definition) is 0. The van der Waals surface area contributed by atoms with E-state index >= 15 is 0 Å². The first kappa shape index (κ1) is 29.8. The number of rotatable bonds is 6. The summed E-state index contributed by atoms with van der Waals surface area (Å²) in [4.78, 5) is 0. The van der Waals surface area contributed by atoms with Gasteiger partial charge in [-0.2, -0.15) is 0 Å². The lowest BCUT2D eigenvalue weighted by Crippen LogP contribution is -2.25. The monoisotopic (exact) mass is 658 g/mol. The zero-order chi connectivity index (χ0) is 33.8. The molecule has 0 spiro atoms. The second-order valence-corrected chi connectivity index (χ2v) is 14.7. The Kier molecular flexibility index (Phi) is 6.37. The van der Waals surface area contributed by atoms with E-state index < -0.39 is 0 Å². The molecular formula is C49H38S. The first-order valence-electron chi connectivity index (χ1n) is 18.2. The van der Waals surface area contributed by atoms with Crippen LogP contribution in [0.15, 0.2) is 133 Å². The molecule has 0 saturated carbocycles. The lowest BCUT2D eigenvalue weighted by molar-refractivity contribution is 0.490. The van der Waals surface area contributed by atoms with Crippen molar-refractivity contribution in [2.24, 2.45) is 0 Å². The van der Waals surface area contributed by atoms with Gasteiger partial charge in [-0.15, -0.1) is 0 Å². The zero-order valence-corrected chi connectivity index (χ0v) is 29.6. The average Bonchev–Trinajstić information content (AvgIpc) is 3.63. The molecule has 0 nitrogen and oxygen atoms in total. The molecule has 1 heteroatoms. The maximum Gasteiger partial charge on any atom is 0.0494 e. The molecule has 0 aliphatic heterocycles. The molecule has 1 atom stereocenters. The van der Waals surface area contributed by atoms with Crippen LogP contribution in [0.2, 0.25) is 0 Å². The van der Waals surface area contributed by atoms with E-state index in [0.717, 1.165) is 19.3 Å². The van der Waals surface area contributed by atoms with Crippen molar-refractivity contribution in [2.45, 2.75) is 50.9 Å². The van der Waals surface area contributed by atoms with Crippen LogP contribution in [0.5, 0.6) is 0 Å². The molecule has 8 aromatic rings. The van der Waals surface area contributed by atoms with Gasteiger partial charge in [0.05, 0.1) is 0 Å². The van der Waals surface area contributed by atoms with Crippen LogP contribution in [0.3, 0.4) is 0 Å². The molecule has 8 aromatic carbocycles. The minimum Gasteiger partial charge on any atom is -0.0921 e. The quantitative estimate of drug-likeness (QED) is 0.127. The van der Waals surface area contributed by atoms with Gasteiger partial charge in [-0.05, 0) is 142 Å². The minimum atomic E-state index is -0.275. The average molecular weight is 659 g/mol. The highest BCUT2D eigenvalue weighted by atomic mass is 32.1. The van der Waals surface area contributed by atoms with Crippen molar-refractivity contribution in [2.75, 3.05) is 0 Å². The second-order valence-electron chi connectivity index (χ2n) is 14.5. The highest BCUT2D eigenvalue weighted by molar-refractivity contribution is 7.79. The van der Waals surface area contributed by atoms with E-state index in [4.69, 9.17) is 12.2 Å².